The van der Waals surface area contributed by atoms with E-state index in [0.717, 1.165) is 44.6 Å². The Bertz CT molecular complexity index is 633. The second-order valence-electron chi connectivity index (χ2n) is 5.95. The van der Waals surface area contributed by atoms with Crippen LogP contribution >= 0.6 is 0 Å². The first kappa shape index (κ1) is 14.8. The second-order valence-corrected chi connectivity index (χ2v) is 5.95. The largest absolute Gasteiger partial charge is 0.351 e. The molecule has 0 aliphatic carbocycles. The van der Waals surface area contributed by atoms with Crippen molar-refractivity contribution < 1.29 is 4.79 Å². The van der Waals surface area contributed by atoms with E-state index in [2.05, 4.69) is 46.1 Å². The van der Waals surface area contributed by atoms with Gasteiger partial charge in [-0.05, 0) is 18.4 Å². The number of nitrogens with zero attached hydrogens (tertiary/aromatic N) is 2. The van der Waals surface area contributed by atoms with Gasteiger partial charge in [-0.1, -0.05) is 43.7 Å². The van der Waals surface area contributed by atoms with Gasteiger partial charge in [-0.2, -0.15) is 0 Å². The predicted octanol–water partition coefficient (Wildman–Crippen LogP) is 3.14. The minimum absolute atomic E-state index is 0.0494. The molecule has 1 amide bonds. The van der Waals surface area contributed by atoms with Crippen LogP contribution in [0.5, 0.6) is 0 Å². The highest BCUT2D eigenvalue weighted by Gasteiger charge is 2.23. The van der Waals surface area contributed by atoms with Crippen LogP contribution in [0.1, 0.15) is 54.0 Å². The number of aryl methyl sites for hydroxylation is 1. The molecule has 1 aromatic heterocycles. The van der Waals surface area contributed by atoms with E-state index >= 15 is 0 Å². The van der Waals surface area contributed by atoms with Crippen molar-refractivity contribution in [2.24, 2.45) is 0 Å². The quantitative estimate of drug-likeness (QED) is 0.862. The number of hydrogen-bond acceptors (Lipinski definition) is 2. The van der Waals surface area contributed by atoms with Crippen LogP contribution in [0.3, 0.4) is 0 Å². The van der Waals surface area contributed by atoms with Crippen LogP contribution in [0.25, 0.3) is 0 Å². The van der Waals surface area contributed by atoms with Crippen molar-refractivity contribution in [2.45, 2.75) is 45.1 Å². The lowest BCUT2D eigenvalue weighted by molar-refractivity contribution is 0.0948. The zero-order chi connectivity index (χ0) is 15.4. The number of nitrogens with one attached hydrogen (secondary N) is 1. The van der Waals surface area contributed by atoms with Gasteiger partial charge in [0.15, 0.2) is 0 Å². The van der Waals surface area contributed by atoms with Crippen molar-refractivity contribution in [1.82, 2.24) is 14.9 Å². The molecule has 22 heavy (non-hydrogen) atoms. The van der Waals surface area contributed by atoms with Crippen LogP contribution in [0.4, 0.5) is 0 Å². The van der Waals surface area contributed by atoms with Crippen LogP contribution in [0.15, 0.2) is 36.5 Å². The summed E-state index contributed by atoms with van der Waals surface area (Å²) < 4.78 is 2.15. The molecular weight excluding hydrogens is 274 g/mol. The fraction of sp³-hybridized carbons (Fsp3) is 0.444. The van der Waals surface area contributed by atoms with Crippen LogP contribution in [0.2, 0.25) is 0 Å². The van der Waals surface area contributed by atoms with E-state index in [9.17, 15) is 4.79 Å². The van der Waals surface area contributed by atoms with Crippen LogP contribution in [-0.4, -0.2) is 22.0 Å². The number of rotatable bonds is 5. The molecule has 1 atom stereocenters. The minimum Gasteiger partial charge on any atom is -0.351 e. The van der Waals surface area contributed by atoms with Gasteiger partial charge >= 0.3 is 0 Å². The van der Waals surface area contributed by atoms with E-state index in [1.165, 1.54) is 5.56 Å². The van der Waals surface area contributed by atoms with E-state index < -0.39 is 0 Å². The molecule has 3 rings (SSSR count). The number of carbonyl (C=O) groups is 1. The van der Waals surface area contributed by atoms with E-state index in [0.29, 0.717) is 11.6 Å². The molecule has 1 aromatic carbocycles. The average Bonchev–Trinajstić information content (AvgIpc) is 2.99. The monoisotopic (exact) mass is 297 g/mol. The number of benzene rings is 1. The van der Waals surface area contributed by atoms with Gasteiger partial charge in [0.1, 0.15) is 11.5 Å². The number of hydrogen-bond donors (Lipinski definition) is 1. The summed E-state index contributed by atoms with van der Waals surface area (Å²) in [6, 6.07) is 10.6. The third kappa shape index (κ3) is 3.21. The summed E-state index contributed by atoms with van der Waals surface area (Å²) in [6.07, 6.45) is 6.03. The van der Waals surface area contributed by atoms with Crippen molar-refractivity contribution in [3.63, 3.8) is 0 Å². The van der Waals surface area contributed by atoms with Gasteiger partial charge in [0, 0.05) is 31.6 Å². The number of aromatic nitrogens is 2. The third-order valence-electron chi connectivity index (χ3n) is 4.31. The Hall–Kier alpha value is -2.10. The molecule has 0 bridgehead atoms. The fourth-order valence-electron chi connectivity index (χ4n) is 3.02. The van der Waals surface area contributed by atoms with Crippen molar-refractivity contribution in [2.75, 3.05) is 6.54 Å². The Morgan fingerprint density at radius 1 is 1.36 bits per heavy atom. The smallest absolute Gasteiger partial charge is 0.271 e. The predicted molar refractivity (Wildman–Crippen MR) is 87.0 cm³/mol. The number of imidazole rings is 1. The molecule has 4 nitrogen and oxygen atoms in total. The summed E-state index contributed by atoms with van der Waals surface area (Å²) in [7, 11) is 0. The molecule has 1 N–H and O–H groups in total. The van der Waals surface area contributed by atoms with E-state index in [-0.39, 0.29) is 5.91 Å². The number of fused-ring (bicyclic) bond motifs is 1. The molecular formula is C18H23N3O. The summed E-state index contributed by atoms with van der Waals surface area (Å²) in [5.74, 6) is 1.50. The first-order valence-corrected chi connectivity index (χ1v) is 8.17. The highest BCUT2D eigenvalue weighted by atomic mass is 16.1. The Morgan fingerprint density at radius 2 is 2.18 bits per heavy atom. The fourth-order valence-corrected chi connectivity index (χ4v) is 3.02. The zero-order valence-electron chi connectivity index (χ0n) is 13.1. The van der Waals surface area contributed by atoms with E-state index in [4.69, 9.17) is 0 Å². The Kier molecular flexibility index (Phi) is 4.56. The molecule has 0 fully saturated rings. The summed E-state index contributed by atoms with van der Waals surface area (Å²) in [6.45, 7) is 3.75. The highest BCUT2D eigenvalue weighted by Crippen LogP contribution is 2.28. The van der Waals surface area contributed by atoms with Crippen molar-refractivity contribution >= 4 is 5.91 Å². The summed E-state index contributed by atoms with van der Waals surface area (Å²) in [5, 5.41) is 2.94. The van der Waals surface area contributed by atoms with Gasteiger partial charge < -0.3 is 9.88 Å². The van der Waals surface area contributed by atoms with Crippen LogP contribution in [0, 0.1) is 0 Å². The zero-order valence-corrected chi connectivity index (χ0v) is 13.1. The Balaban J connectivity index is 1.69. The van der Waals surface area contributed by atoms with Crippen molar-refractivity contribution in [3.05, 3.63) is 53.6 Å². The minimum atomic E-state index is -0.0494. The maximum atomic E-state index is 12.1. The van der Waals surface area contributed by atoms with Gasteiger partial charge in [-0.3, -0.25) is 4.79 Å². The average molecular weight is 297 g/mol. The lowest BCUT2D eigenvalue weighted by Crippen LogP contribution is -2.24. The topological polar surface area (TPSA) is 46.9 Å². The normalized spacial score (nSPS) is 17.0. The van der Waals surface area contributed by atoms with Gasteiger partial charge in [-0.15, -0.1) is 0 Å². The molecule has 0 saturated heterocycles. The number of unbranched alkanes of at least 4 members (excludes halogenated alkanes) is 1. The second kappa shape index (κ2) is 6.77. The molecule has 0 spiro atoms. The molecule has 2 aromatic rings. The van der Waals surface area contributed by atoms with Gasteiger partial charge in [0.05, 0.1) is 0 Å². The lowest BCUT2D eigenvalue weighted by atomic mass is 9.92. The van der Waals surface area contributed by atoms with Gasteiger partial charge in [0.25, 0.3) is 5.91 Å². The standard InChI is InChI=1S/C18H23N3O/c1-2-3-11-19-18(22)16-13-21-12-15(9-10-17(21)20-16)14-7-5-4-6-8-14/h4-8,13,15H,2-3,9-12H2,1H3,(H,19,22). The molecule has 1 unspecified atom stereocenters. The molecule has 0 saturated carbocycles. The first-order chi connectivity index (χ1) is 10.8. The van der Waals surface area contributed by atoms with Gasteiger partial charge in [0.2, 0.25) is 0 Å². The Morgan fingerprint density at radius 3 is 2.95 bits per heavy atom. The Labute approximate surface area is 131 Å². The SMILES string of the molecule is CCCCNC(=O)c1cn2c(n1)CCC(c1ccccc1)C2. The molecule has 1 aliphatic rings. The number of carbonyl (C=O) groups excluding carboxylic acids is 1. The lowest BCUT2D eigenvalue weighted by Gasteiger charge is -2.23. The molecule has 1 aliphatic heterocycles. The summed E-state index contributed by atoms with van der Waals surface area (Å²) >= 11 is 0. The summed E-state index contributed by atoms with van der Waals surface area (Å²) in [5.41, 5.74) is 1.93. The van der Waals surface area contributed by atoms with Crippen LogP contribution < -0.4 is 5.32 Å². The van der Waals surface area contributed by atoms with E-state index in [1.54, 1.807) is 0 Å². The molecule has 0 radical (unpaired) electrons. The van der Waals surface area contributed by atoms with Crippen molar-refractivity contribution in [1.29, 1.82) is 0 Å². The molecule has 116 valence electrons. The maximum Gasteiger partial charge on any atom is 0.271 e. The molecule has 2 heterocycles. The number of amides is 1. The van der Waals surface area contributed by atoms with Crippen molar-refractivity contribution in [3.8, 4) is 0 Å². The van der Waals surface area contributed by atoms with Crippen LogP contribution in [-0.2, 0) is 13.0 Å². The highest BCUT2D eigenvalue weighted by molar-refractivity contribution is 5.92. The third-order valence-corrected chi connectivity index (χ3v) is 4.31. The first-order valence-electron chi connectivity index (χ1n) is 8.17. The van der Waals surface area contributed by atoms with Gasteiger partial charge in [-0.25, -0.2) is 4.98 Å². The maximum absolute atomic E-state index is 12.1. The summed E-state index contributed by atoms with van der Waals surface area (Å²) in [4.78, 5) is 16.6. The van der Waals surface area contributed by atoms with E-state index in [1.807, 2.05) is 12.3 Å². The molecule has 4 heteroatoms.